The molecule has 0 amide bonds. The predicted molar refractivity (Wildman–Crippen MR) is 72.6 cm³/mol. The number of hydrogen-bond acceptors (Lipinski definition) is 4. The summed E-state index contributed by atoms with van der Waals surface area (Å²) in [6.45, 7) is 2.46. The molecule has 0 fully saturated rings. The second-order valence-electron chi connectivity index (χ2n) is 2.86. The molecule has 1 heterocycles. The van der Waals surface area contributed by atoms with Crippen molar-refractivity contribution in [2.24, 2.45) is 0 Å². The van der Waals surface area contributed by atoms with Crippen molar-refractivity contribution in [3.8, 4) is 0 Å². The van der Waals surface area contributed by atoms with Crippen molar-refractivity contribution < 1.29 is 4.74 Å². The van der Waals surface area contributed by atoms with Gasteiger partial charge in [-0.15, -0.1) is 0 Å². The lowest BCUT2D eigenvalue weighted by Crippen LogP contribution is -2.30. The minimum atomic E-state index is 0.701. The standard InChI is InChI=1S/C9H13BrIN3O/c1-15-5-4-14(3-2-10)9-8(11)6-12-7-13-9/h6-7H,2-5H2,1H3. The highest BCUT2D eigenvalue weighted by atomic mass is 127. The lowest BCUT2D eigenvalue weighted by molar-refractivity contribution is 0.205. The minimum absolute atomic E-state index is 0.701. The van der Waals surface area contributed by atoms with E-state index in [9.17, 15) is 0 Å². The van der Waals surface area contributed by atoms with Gasteiger partial charge >= 0.3 is 0 Å². The summed E-state index contributed by atoms with van der Waals surface area (Å²) < 4.78 is 6.14. The van der Waals surface area contributed by atoms with E-state index in [1.54, 1.807) is 13.4 Å². The zero-order valence-corrected chi connectivity index (χ0v) is 12.2. The molecule has 4 nitrogen and oxygen atoms in total. The molecule has 0 aliphatic heterocycles. The number of anilines is 1. The van der Waals surface area contributed by atoms with Gasteiger partial charge in [-0.1, -0.05) is 15.9 Å². The van der Waals surface area contributed by atoms with Crippen LogP contribution in [0, 0.1) is 3.57 Å². The molecule has 0 atom stereocenters. The number of alkyl halides is 1. The van der Waals surface area contributed by atoms with Gasteiger partial charge in [0.05, 0.1) is 10.2 Å². The van der Waals surface area contributed by atoms with Gasteiger partial charge in [-0.3, -0.25) is 0 Å². The molecule has 15 heavy (non-hydrogen) atoms. The van der Waals surface area contributed by atoms with Crippen molar-refractivity contribution in [2.45, 2.75) is 0 Å². The summed E-state index contributed by atoms with van der Waals surface area (Å²) in [6.07, 6.45) is 3.39. The molecule has 1 aromatic rings. The fourth-order valence-electron chi connectivity index (χ4n) is 1.17. The molecule has 0 saturated heterocycles. The number of rotatable bonds is 6. The van der Waals surface area contributed by atoms with E-state index in [0.29, 0.717) is 6.61 Å². The number of hydrogen-bond donors (Lipinski definition) is 0. The fraction of sp³-hybridized carbons (Fsp3) is 0.556. The van der Waals surface area contributed by atoms with Crippen LogP contribution in [0.5, 0.6) is 0 Å². The van der Waals surface area contributed by atoms with Crippen LogP contribution in [0.15, 0.2) is 12.5 Å². The Balaban J connectivity index is 2.74. The van der Waals surface area contributed by atoms with Crippen LogP contribution in [0.3, 0.4) is 0 Å². The number of ether oxygens (including phenoxy) is 1. The summed E-state index contributed by atoms with van der Waals surface area (Å²) in [4.78, 5) is 10.4. The first kappa shape index (κ1) is 13.1. The summed E-state index contributed by atoms with van der Waals surface area (Å²) in [5, 5.41) is 0.913. The van der Waals surface area contributed by atoms with Crippen LogP contribution in [-0.2, 0) is 4.74 Å². The topological polar surface area (TPSA) is 38.2 Å². The summed E-state index contributed by atoms with van der Waals surface area (Å²) >= 11 is 5.68. The van der Waals surface area contributed by atoms with Crippen LogP contribution in [0.1, 0.15) is 0 Å². The van der Waals surface area contributed by atoms with Gasteiger partial charge in [0.1, 0.15) is 12.1 Å². The number of aromatic nitrogens is 2. The molecule has 6 heteroatoms. The molecule has 0 unspecified atom stereocenters. The average molecular weight is 386 g/mol. The molecular formula is C9H13BrIN3O. The highest BCUT2D eigenvalue weighted by molar-refractivity contribution is 14.1. The van der Waals surface area contributed by atoms with Gasteiger partial charge in [-0.2, -0.15) is 0 Å². The second kappa shape index (κ2) is 7.34. The largest absolute Gasteiger partial charge is 0.383 e. The van der Waals surface area contributed by atoms with E-state index in [2.05, 4.69) is 53.4 Å². The maximum atomic E-state index is 5.08. The van der Waals surface area contributed by atoms with Crippen molar-refractivity contribution in [1.82, 2.24) is 9.97 Å². The quantitative estimate of drug-likeness (QED) is 0.554. The molecule has 0 spiro atoms. The molecule has 84 valence electrons. The Labute approximate surface area is 112 Å². The molecular weight excluding hydrogens is 373 g/mol. The summed E-state index contributed by atoms with van der Waals surface area (Å²) in [7, 11) is 1.71. The predicted octanol–water partition coefficient (Wildman–Crippen LogP) is 1.93. The maximum absolute atomic E-state index is 5.08. The highest BCUT2D eigenvalue weighted by Gasteiger charge is 2.10. The van der Waals surface area contributed by atoms with Crippen LogP contribution in [0.4, 0.5) is 5.82 Å². The normalized spacial score (nSPS) is 10.3. The van der Waals surface area contributed by atoms with Crippen LogP contribution < -0.4 is 4.90 Å². The van der Waals surface area contributed by atoms with E-state index < -0.39 is 0 Å². The van der Waals surface area contributed by atoms with Gasteiger partial charge in [0.25, 0.3) is 0 Å². The zero-order chi connectivity index (χ0) is 11.1. The van der Waals surface area contributed by atoms with Crippen LogP contribution in [0.2, 0.25) is 0 Å². The van der Waals surface area contributed by atoms with Gasteiger partial charge < -0.3 is 9.64 Å². The average Bonchev–Trinajstić information content (AvgIpc) is 2.25. The van der Waals surface area contributed by atoms with Crippen LogP contribution in [-0.4, -0.2) is 42.1 Å². The number of methoxy groups -OCH3 is 1. The minimum Gasteiger partial charge on any atom is -0.383 e. The van der Waals surface area contributed by atoms with Crippen molar-refractivity contribution in [2.75, 3.05) is 37.0 Å². The lowest BCUT2D eigenvalue weighted by atomic mass is 10.4. The lowest BCUT2D eigenvalue weighted by Gasteiger charge is -2.22. The maximum Gasteiger partial charge on any atom is 0.145 e. The highest BCUT2D eigenvalue weighted by Crippen LogP contribution is 2.17. The third-order valence-electron chi connectivity index (χ3n) is 1.87. The zero-order valence-electron chi connectivity index (χ0n) is 8.49. The van der Waals surface area contributed by atoms with Crippen LogP contribution in [0.25, 0.3) is 0 Å². The monoisotopic (exact) mass is 385 g/mol. The number of halogens is 2. The Hall–Kier alpha value is 0.0500. The number of nitrogens with zero attached hydrogens (tertiary/aromatic N) is 3. The smallest absolute Gasteiger partial charge is 0.145 e. The van der Waals surface area contributed by atoms with Crippen molar-refractivity contribution >= 4 is 44.3 Å². The van der Waals surface area contributed by atoms with Gasteiger partial charge in [0, 0.05) is 31.7 Å². The van der Waals surface area contributed by atoms with Crippen molar-refractivity contribution in [3.05, 3.63) is 16.1 Å². The van der Waals surface area contributed by atoms with E-state index in [1.807, 2.05) is 6.20 Å². The van der Waals surface area contributed by atoms with Gasteiger partial charge in [0.15, 0.2) is 0 Å². The van der Waals surface area contributed by atoms with Gasteiger partial charge in [-0.05, 0) is 22.6 Å². The Kier molecular flexibility index (Phi) is 6.42. The Morgan fingerprint density at radius 3 is 2.93 bits per heavy atom. The second-order valence-corrected chi connectivity index (χ2v) is 4.82. The van der Waals surface area contributed by atoms with Gasteiger partial charge in [-0.25, -0.2) is 9.97 Å². The van der Waals surface area contributed by atoms with E-state index in [4.69, 9.17) is 4.74 Å². The third kappa shape index (κ3) is 4.20. The van der Waals surface area contributed by atoms with Gasteiger partial charge in [0.2, 0.25) is 0 Å². The SMILES string of the molecule is COCCN(CCBr)c1ncncc1I. The first-order valence-electron chi connectivity index (χ1n) is 4.55. The molecule has 0 aliphatic carbocycles. The Morgan fingerprint density at radius 2 is 2.33 bits per heavy atom. The first-order valence-corrected chi connectivity index (χ1v) is 6.75. The molecule has 0 aliphatic rings. The molecule has 0 aromatic carbocycles. The molecule has 0 saturated carbocycles. The van der Waals surface area contributed by atoms with E-state index in [1.165, 1.54) is 0 Å². The Morgan fingerprint density at radius 1 is 1.53 bits per heavy atom. The molecule has 1 aromatic heterocycles. The van der Waals surface area contributed by atoms with Crippen LogP contribution >= 0.6 is 38.5 Å². The summed E-state index contributed by atoms with van der Waals surface area (Å²) in [6, 6.07) is 0. The van der Waals surface area contributed by atoms with Crippen molar-refractivity contribution in [1.29, 1.82) is 0 Å². The molecule has 0 bridgehead atoms. The molecule has 0 radical (unpaired) electrons. The first-order chi connectivity index (χ1) is 7.29. The summed E-state index contributed by atoms with van der Waals surface area (Å²) in [5.41, 5.74) is 0. The third-order valence-corrected chi connectivity index (χ3v) is 2.98. The molecule has 0 N–H and O–H groups in total. The summed E-state index contributed by atoms with van der Waals surface area (Å²) in [5.74, 6) is 0.974. The fourth-order valence-corrected chi connectivity index (χ4v) is 2.24. The molecule has 1 rings (SSSR count). The Bertz CT molecular complexity index is 300. The van der Waals surface area contributed by atoms with Crippen molar-refractivity contribution in [3.63, 3.8) is 0 Å². The van der Waals surface area contributed by atoms with E-state index in [0.717, 1.165) is 27.8 Å². The van der Waals surface area contributed by atoms with E-state index in [-0.39, 0.29) is 0 Å². The van der Waals surface area contributed by atoms with E-state index >= 15 is 0 Å².